The van der Waals surface area contributed by atoms with Crippen LogP contribution in [0.15, 0.2) is 127 Å². The van der Waals surface area contributed by atoms with E-state index < -0.39 is 50.8 Å². The van der Waals surface area contributed by atoms with Gasteiger partial charge in [0.15, 0.2) is 5.78 Å². The Morgan fingerprint density at radius 3 is 2.03 bits per heavy atom. The van der Waals surface area contributed by atoms with E-state index in [1.807, 2.05) is 30.3 Å². The van der Waals surface area contributed by atoms with Crippen LogP contribution in [-0.2, 0) is 29.4 Å². The van der Waals surface area contributed by atoms with Crippen LogP contribution in [0.25, 0.3) is 0 Å². The number of benzene rings is 4. The second-order valence-electron chi connectivity index (χ2n) is 20.9. The molecule has 0 amide bonds. The first-order valence-corrected chi connectivity index (χ1v) is 27.5. The average molecular weight is 855 g/mol. The lowest BCUT2D eigenvalue weighted by molar-refractivity contribution is -0.439. The van der Waals surface area contributed by atoms with Gasteiger partial charge in [-0.25, -0.2) is 0 Å². The summed E-state index contributed by atoms with van der Waals surface area (Å²) in [6.45, 7) is 14.9. The lowest BCUT2D eigenvalue weighted by atomic mass is 9.44. The lowest BCUT2D eigenvalue weighted by Gasteiger charge is -2.63. The van der Waals surface area contributed by atoms with Crippen molar-refractivity contribution >= 4 is 37.7 Å². The topological polar surface area (TPSA) is 83.5 Å². The standard InChI is InChI=1S/C52H62O7Si2/c1-48(2,3)61(40-19-13-9-14-20-40,41-21-15-10-16-22-41)57-33-36-27-28-51(54)46-43(53)30-37-29-42(60(6,7)39-17-11-8-12-18-39)31-45-50(37)34-56-52(59-45,35-23-25-38(55-5)26-24-35)58-44(47(46)50)32-49(36,51)4/h8-26,30,36,42,44-47,54H,27-29,31-34H2,1-7H3/t36-,42-,44-,45-,46-,47+,49-,50-,51+,52?/m1/s1. The molecule has 2 bridgehead atoms. The van der Waals surface area contributed by atoms with Gasteiger partial charge in [0, 0.05) is 28.9 Å². The van der Waals surface area contributed by atoms with Gasteiger partial charge in [-0.1, -0.05) is 143 Å². The number of carbonyl (C=O) groups is 1. The quantitative estimate of drug-likeness (QED) is 0.170. The van der Waals surface area contributed by atoms with Crippen molar-refractivity contribution in [3.05, 3.63) is 132 Å². The van der Waals surface area contributed by atoms with E-state index >= 15 is 4.79 Å². The maximum atomic E-state index is 15.2. The van der Waals surface area contributed by atoms with Crippen molar-refractivity contribution in [2.75, 3.05) is 20.3 Å². The highest BCUT2D eigenvalue weighted by molar-refractivity contribution is 6.99. The fourth-order valence-electron chi connectivity index (χ4n) is 13.6. The molecule has 61 heavy (non-hydrogen) atoms. The van der Waals surface area contributed by atoms with E-state index in [-0.39, 0.29) is 28.8 Å². The predicted molar refractivity (Wildman–Crippen MR) is 243 cm³/mol. The summed E-state index contributed by atoms with van der Waals surface area (Å²) >= 11 is 0. The molecule has 1 N–H and O–H groups in total. The van der Waals surface area contributed by atoms with Gasteiger partial charge in [0.05, 0.1) is 45.5 Å². The Labute approximate surface area is 364 Å². The molecule has 1 unspecified atom stereocenters. The molecule has 4 aromatic rings. The molecule has 320 valence electrons. The van der Waals surface area contributed by atoms with Gasteiger partial charge < -0.3 is 28.5 Å². The summed E-state index contributed by atoms with van der Waals surface area (Å²) in [6.07, 6.45) is 4.78. The average Bonchev–Trinajstić information content (AvgIpc) is 3.35. The van der Waals surface area contributed by atoms with Gasteiger partial charge in [-0.15, -0.1) is 0 Å². The SMILES string of the molecule is COc1ccc(C23OC[C@]45C(=CC(=O)[C@@H]6[C@@H]4[C@@H](C[C@]4(C)[C@@H](CO[Si](c7ccccc7)(c7ccccc7)C(C)(C)C)CC[C@]64O)O2)C[C@@H]([Si](C)(C)c2ccccc2)C[C@H]5O3)cc1. The molecule has 7 aliphatic rings. The first kappa shape index (κ1) is 41.3. The Morgan fingerprint density at radius 2 is 1.44 bits per heavy atom. The lowest BCUT2D eigenvalue weighted by Crippen LogP contribution is -2.70. The largest absolute Gasteiger partial charge is 0.497 e. The van der Waals surface area contributed by atoms with Gasteiger partial charge in [0.1, 0.15) is 5.75 Å². The second-order valence-corrected chi connectivity index (χ2v) is 30.1. The molecule has 3 aliphatic heterocycles. The minimum Gasteiger partial charge on any atom is -0.497 e. The molecule has 0 radical (unpaired) electrons. The first-order valence-electron chi connectivity index (χ1n) is 22.5. The fraction of sp³-hybridized carbons (Fsp3) is 0.481. The van der Waals surface area contributed by atoms with Crippen LogP contribution in [-0.4, -0.2) is 65.4 Å². The van der Waals surface area contributed by atoms with Gasteiger partial charge in [-0.3, -0.25) is 4.79 Å². The van der Waals surface area contributed by atoms with Gasteiger partial charge in [0.25, 0.3) is 8.32 Å². The number of rotatable bonds is 9. The zero-order valence-electron chi connectivity index (χ0n) is 36.9. The van der Waals surface area contributed by atoms with Crippen LogP contribution in [0.3, 0.4) is 0 Å². The number of methoxy groups -OCH3 is 1. The highest BCUT2D eigenvalue weighted by atomic mass is 28.4. The van der Waals surface area contributed by atoms with Crippen molar-refractivity contribution in [3.8, 4) is 5.75 Å². The van der Waals surface area contributed by atoms with Crippen LogP contribution < -0.4 is 20.3 Å². The van der Waals surface area contributed by atoms with E-state index in [0.717, 1.165) is 36.1 Å². The Morgan fingerprint density at radius 1 is 0.836 bits per heavy atom. The molecule has 4 aromatic carbocycles. The zero-order valence-corrected chi connectivity index (χ0v) is 38.9. The first-order chi connectivity index (χ1) is 29.1. The van der Waals surface area contributed by atoms with Gasteiger partial charge in [0.2, 0.25) is 0 Å². The summed E-state index contributed by atoms with van der Waals surface area (Å²) in [5, 5.41) is 17.3. The highest BCUT2D eigenvalue weighted by Gasteiger charge is 2.77. The Kier molecular flexibility index (Phi) is 9.78. The van der Waals surface area contributed by atoms with E-state index in [2.05, 4.69) is 132 Å². The monoisotopic (exact) mass is 854 g/mol. The number of fused-ring (bicyclic) bond motifs is 3. The van der Waals surface area contributed by atoms with Crippen LogP contribution in [0.4, 0.5) is 0 Å². The molecule has 3 saturated carbocycles. The summed E-state index contributed by atoms with van der Waals surface area (Å²) in [5.41, 5.74) is -0.318. The number of ketones is 1. The van der Waals surface area contributed by atoms with Crippen molar-refractivity contribution < 1.29 is 33.3 Å². The minimum atomic E-state index is -2.89. The third-order valence-corrected chi connectivity index (χ3v) is 26.3. The van der Waals surface area contributed by atoms with Crippen LogP contribution in [0.1, 0.15) is 65.4 Å². The molecule has 10 atom stereocenters. The summed E-state index contributed by atoms with van der Waals surface area (Å²) in [6, 6.07) is 40.3. The number of ether oxygens (including phenoxy) is 4. The van der Waals surface area contributed by atoms with Crippen molar-refractivity contribution in [2.45, 2.75) is 107 Å². The summed E-state index contributed by atoms with van der Waals surface area (Å²) in [4.78, 5) is 15.2. The van der Waals surface area contributed by atoms with E-state index in [4.69, 9.17) is 23.4 Å². The number of aliphatic hydroxyl groups is 1. The molecule has 1 spiro atoms. The molecule has 3 heterocycles. The Bertz CT molecular complexity index is 2270. The maximum Gasteiger partial charge on any atom is 0.312 e. The Balaban J connectivity index is 1.08. The molecule has 0 aromatic heterocycles. The van der Waals surface area contributed by atoms with Gasteiger partial charge >= 0.3 is 5.97 Å². The third kappa shape index (κ3) is 5.87. The minimum absolute atomic E-state index is 0.0248. The molecule has 9 heteroatoms. The third-order valence-electron chi connectivity index (χ3n) is 17.0. The van der Waals surface area contributed by atoms with Gasteiger partial charge in [-0.2, -0.15) is 0 Å². The maximum absolute atomic E-state index is 15.2. The van der Waals surface area contributed by atoms with E-state index in [9.17, 15) is 5.11 Å². The molecule has 3 saturated heterocycles. The molecule has 4 aliphatic carbocycles. The van der Waals surface area contributed by atoms with Crippen LogP contribution >= 0.6 is 0 Å². The molecule has 7 nitrogen and oxygen atoms in total. The van der Waals surface area contributed by atoms with Crippen LogP contribution in [0.5, 0.6) is 5.75 Å². The van der Waals surface area contributed by atoms with Crippen LogP contribution in [0, 0.1) is 28.6 Å². The van der Waals surface area contributed by atoms with Gasteiger partial charge in [-0.05, 0) is 89.3 Å². The number of carbonyl (C=O) groups excluding carboxylic acids is 1. The Hall–Kier alpha value is -3.68. The number of allylic oxidation sites excluding steroid dienone is 1. The van der Waals surface area contributed by atoms with Crippen molar-refractivity contribution in [1.82, 2.24) is 0 Å². The predicted octanol–water partition coefficient (Wildman–Crippen LogP) is 8.25. The summed E-state index contributed by atoms with van der Waals surface area (Å²) < 4.78 is 35.1. The number of hydrogen-bond donors (Lipinski definition) is 1. The normalized spacial score (nSPS) is 35.5. The van der Waals surface area contributed by atoms with Crippen molar-refractivity contribution in [2.24, 2.45) is 28.6 Å². The smallest absolute Gasteiger partial charge is 0.312 e. The summed E-state index contributed by atoms with van der Waals surface area (Å²) in [5.74, 6) is -1.69. The second kappa shape index (κ2) is 14.4. The van der Waals surface area contributed by atoms with E-state index in [1.54, 1.807) is 7.11 Å². The summed E-state index contributed by atoms with van der Waals surface area (Å²) in [7, 11) is -3.28. The molecule has 6 fully saturated rings. The number of hydrogen-bond acceptors (Lipinski definition) is 7. The van der Waals surface area contributed by atoms with Crippen LogP contribution in [0.2, 0.25) is 23.7 Å². The van der Waals surface area contributed by atoms with E-state index in [0.29, 0.717) is 31.6 Å². The highest BCUT2D eigenvalue weighted by Crippen LogP contribution is 2.72. The van der Waals surface area contributed by atoms with Crippen molar-refractivity contribution in [3.63, 3.8) is 0 Å². The molecular weight excluding hydrogens is 793 g/mol. The fourth-order valence-corrected chi connectivity index (χ4v) is 21.2. The molecule has 11 rings (SSSR count). The van der Waals surface area contributed by atoms with Crippen molar-refractivity contribution in [1.29, 1.82) is 0 Å². The zero-order chi connectivity index (χ0) is 42.6. The molecular formula is C52H62O7Si2. The van der Waals surface area contributed by atoms with E-state index in [1.165, 1.54) is 15.6 Å².